The van der Waals surface area contributed by atoms with E-state index in [0.29, 0.717) is 38.5 Å². The molecule has 2 aromatic heterocycles. The third-order valence-electron chi connectivity index (χ3n) is 5.15. The summed E-state index contributed by atoms with van der Waals surface area (Å²) < 4.78 is 25.5. The van der Waals surface area contributed by atoms with Gasteiger partial charge in [0.2, 0.25) is 11.7 Å². The number of carboxylic acid groups (broad SMARTS) is 1. The highest BCUT2D eigenvalue weighted by Crippen LogP contribution is 2.28. The molecule has 35 heavy (non-hydrogen) atoms. The van der Waals surface area contributed by atoms with Crippen LogP contribution in [-0.2, 0) is 11.2 Å². The molecule has 174 valence electrons. The van der Waals surface area contributed by atoms with Crippen LogP contribution in [0.5, 0.6) is 0 Å². The van der Waals surface area contributed by atoms with Crippen molar-refractivity contribution in [3.63, 3.8) is 0 Å². The number of halogens is 2. The lowest BCUT2D eigenvalue weighted by molar-refractivity contribution is -0.136. The number of carbonyl (C=O) groups excluding carboxylic acids is 1. The number of nitrogens with one attached hydrogen (secondary N) is 1. The Morgan fingerprint density at radius 3 is 2.51 bits per heavy atom. The van der Waals surface area contributed by atoms with E-state index in [1.807, 2.05) is 0 Å². The highest BCUT2D eigenvalue weighted by molar-refractivity contribution is 6.30. The van der Waals surface area contributed by atoms with Crippen molar-refractivity contribution in [3.8, 4) is 22.7 Å². The van der Waals surface area contributed by atoms with Crippen LogP contribution in [0.25, 0.3) is 33.8 Å². The van der Waals surface area contributed by atoms with Crippen molar-refractivity contribution in [1.29, 1.82) is 0 Å². The molecule has 3 aromatic carbocycles. The number of fused-ring (bicyclic) bond motifs is 1. The van der Waals surface area contributed by atoms with Gasteiger partial charge in [0.15, 0.2) is 5.58 Å². The van der Waals surface area contributed by atoms with Gasteiger partial charge in [-0.05, 0) is 48.0 Å². The topological polar surface area (TPSA) is 118 Å². The van der Waals surface area contributed by atoms with Gasteiger partial charge in [-0.2, -0.15) is 0 Å². The van der Waals surface area contributed by atoms with Crippen LogP contribution >= 0.6 is 11.6 Å². The lowest BCUT2D eigenvalue weighted by Crippen LogP contribution is -2.12. The summed E-state index contributed by atoms with van der Waals surface area (Å²) in [5.74, 6) is -2.26. The van der Waals surface area contributed by atoms with E-state index in [1.165, 1.54) is 18.2 Å². The molecule has 0 radical (unpaired) electrons. The van der Waals surface area contributed by atoms with Crippen LogP contribution in [0, 0.1) is 5.82 Å². The van der Waals surface area contributed by atoms with Crippen LogP contribution in [0.1, 0.15) is 16.1 Å². The molecule has 5 aromatic rings. The Balaban J connectivity index is 1.33. The van der Waals surface area contributed by atoms with Gasteiger partial charge in [0.1, 0.15) is 17.0 Å². The zero-order chi connectivity index (χ0) is 24.5. The number of anilines is 1. The van der Waals surface area contributed by atoms with Crippen molar-refractivity contribution in [3.05, 3.63) is 88.9 Å². The van der Waals surface area contributed by atoms with Crippen LogP contribution in [0.15, 0.2) is 75.7 Å². The first-order valence-electron chi connectivity index (χ1n) is 10.3. The predicted octanol–water partition coefficient (Wildman–Crippen LogP) is 5.82. The second-order valence-electron chi connectivity index (χ2n) is 7.62. The number of hydrogen-bond acceptors (Lipinski definition) is 6. The van der Waals surface area contributed by atoms with Crippen molar-refractivity contribution >= 4 is 40.3 Å². The minimum absolute atomic E-state index is 0.0666. The Kier molecular flexibility index (Phi) is 5.76. The molecule has 0 spiro atoms. The summed E-state index contributed by atoms with van der Waals surface area (Å²) in [6.45, 7) is 0. The third kappa shape index (κ3) is 4.75. The molecular formula is C25H15ClFN3O5. The van der Waals surface area contributed by atoms with Crippen LogP contribution < -0.4 is 5.32 Å². The van der Waals surface area contributed by atoms with Gasteiger partial charge in [-0.25, -0.2) is 9.37 Å². The van der Waals surface area contributed by atoms with Gasteiger partial charge < -0.3 is 19.4 Å². The lowest BCUT2D eigenvalue weighted by Gasteiger charge is -2.05. The molecule has 8 nitrogen and oxygen atoms in total. The molecule has 2 heterocycles. The number of hydrogen-bond donors (Lipinski definition) is 2. The number of oxazole rings is 1. The molecule has 0 aliphatic heterocycles. The number of carbonyl (C=O) groups is 2. The quantitative estimate of drug-likeness (QED) is 0.307. The molecule has 0 fully saturated rings. The Hall–Kier alpha value is -4.50. The highest BCUT2D eigenvalue weighted by Gasteiger charge is 2.17. The molecule has 0 aliphatic rings. The molecule has 0 atom stereocenters. The van der Waals surface area contributed by atoms with Gasteiger partial charge in [0.25, 0.3) is 5.91 Å². The van der Waals surface area contributed by atoms with Crippen molar-refractivity contribution in [2.24, 2.45) is 0 Å². The average Bonchev–Trinajstić information content (AvgIpc) is 3.48. The fourth-order valence-electron chi connectivity index (χ4n) is 3.45. The number of aromatic nitrogens is 2. The van der Waals surface area contributed by atoms with E-state index in [4.69, 9.17) is 25.6 Å². The van der Waals surface area contributed by atoms with Gasteiger partial charge >= 0.3 is 5.97 Å². The largest absolute Gasteiger partial charge is 0.481 e. The van der Waals surface area contributed by atoms with Crippen LogP contribution in [0.3, 0.4) is 0 Å². The van der Waals surface area contributed by atoms with Crippen LogP contribution in [-0.4, -0.2) is 27.1 Å². The molecule has 5 rings (SSSR count). The Labute approximate surface area is 201 Å². The molecule has 0 saturated carbocycles. The molecule has 0 unspecified atom stereocenters. The Morgan fingerprint density at radius 2 is 1.77 bits per heavy atom. The molecule has 10 heteroatoms. The molecule has 2 N–H and O–H groups in total. The van der Waals surface area contributed by atoms with Gasteiger partial charge in [-0.3, -0.25) is 9.59 Å². The van der Waals surface area contributed by atoms with E-state index in [2.05, 4.69) is 15.5 Å². The predicted molar refractivity (Wildman–Crippen MR) is 126 cm³/mol. The van der Waals surface area contributed by atoms with Crippen LogP contribution in [0.4, 0.5) is 10.1 Å². The maximum atomic E-state index is 14.8. The third-order valence-corrected chi connectivity index (χ3v) is 5.40. The first-order valence-corrected chi connectivity index (χ1v) is 10.7. The number of nitrogens with zero attached hydrogens (tertiary/aromatic N) is 2. The van der Waals surface area contributed by atoms with E-state index in [1.54, 1.807) is 48.5 Å². The summed E-state index contributed by atoms with van der Waals surface area (Å²) in [7, 11) is 0. The Morgan fingerprint density at radius 1 is 1.00 bits per heavy atom. The fourth-order valence-corrected chi connectivity index (χ4v) is 3.58. The smallest absolute Gasteiger partial charge is 0.307 e. The zero-order valence-electron chi connectivity index (χ0n) is 17.8. The van der Waals surface area contributed by atoms with Gasteiger partial charge in [0, 0.05) is 22.2 Å². The minimum Gasteiger partial charge on any atom is -0.481 e. The molecule has 0 saturated heterocycles. The van der Waals surface area contributed by atoms with E-state index in [9.17, 15) is 14.0 Å². The Bertz CT molecular complexity index is 1580. The maximum absolute atomic E-state index is 14.8. The summed E-state index contributed by atoms with van der Waals surface area (Å²) in [5, 5.41) is 15.8. The maximum Gasteiger partial charge on any atom is 0.307 e. The van der Waals surface area contributed by atoms with Gasteiger partial charge in [0.05, 0.1) is 12.1 Å². The van der Waals surface area contributed by atoms with Crippen molar-refractivity contribution < 1.29 is 28.0 Å². The fraction of sp³-hybridized carbons (Fsp3) is 0.0400. The number of carboxylic acids is 1. The summed E-state index contributed by atoms with van der Waals surface area (Å²) in [5.41, 5.74) is 2.89. The number of aliphatic carboxylic acids is 1. The highest BCUT2D eigenvalue weighted by atomic mass is 35.5. The number of amides is 1. The van der Waals surface area contributed by atoms with Crippen molar-refractivity contribution in [1.82, 2.24) is 10.1 Å². The molecule has 0 bridgehead atoms. The van der Waals surface area contributed by atoms with E-state index >= 15 is 0 Å². The SMILES string of the molecule is O=C(O)Cc1ccc2oc(-c3ccc(NC(=O)c4cc(-c5ccc(Cl)cc5)no4)c(F)c3)nc2c1. The first-order chi connectivity index (χ1) is 16.9. The van der Waals surface area contributed by atoms with Crippen molar-refractivity contribution in [2.75, 3.05) is 5.32 Å². The summed E-state index contributed by atoms with van der Waals surface area (Å²) in [4.78, 5) is 27.8. The first kappa shape index (κ1) is 22.3. The summed E-state index contributed by atoms with van der Waals surface area (Å²) in [6, 6.07) is 17.2. The zero-order valence-corrected chi connectivity index (χ0v) is 18.5. The van der Waals surface area contributed by atoms with E-state index in [0.717, 1.165) is 0 Å². The minimum atomic E-state index is -0.959. The lowest BCUT2D eigenvalue weighted by atomic mass is 10.1. The second kappa shape index (κ2) is 9.03. The average molecular weight is 492 g/mol. The standard InChI is InChI=1S/C25H15ClFN3O5/c26-16-5-2-14(3-6-16)19-12-22(35-30-19)24(33)28-18-7-4-15(11-17(18)27)25-29-20-9-13(10-23(31)32)1-8-21(20)34-25/h1-9,11-12H,10H2,(H,28,33)(H,31,32). The van der Waals surface area contributed by atoms with E-state index in [-0.39, 0.29) is 23.8 Å². The normalized spacial score (nSPS) is 11.0. The van der Waals surface area contributed by atoms with Crippen LogP contribution in [0.2, 0.25) is 5.02 Å². The van der Waals surface area contributed by atoms with Gasteiger partial charge in [-0.15, -0.1) is 0 Å². The number of rotatable bonds is 6. The summed E-state index contributed by atoms with van der Waals surface area (Å²) >= 11 is 5.88. The van der Waals surface area contributed by atoms with Crippen molar-refractivity contribution in [2.45, 2.75) is 6.42 Å². The monoisotopic (exact) mass is 491 g/mol. The second-order valence-corrected chi connectivity index (χ2v) is 8.06. The van der Waals surface area contributed by atoms with E-state index < -0.39 is 17.7 Å². The molecule has 0 aliphatic carbocycles. The number of benzene rings is 3. The van der Waals surface area contributed by atoms with Gasteiger partial charge in [-0.1, -0.05) is 35.0 Å². The molecule has 1 amide bonds. The molecular weight excluding hydrogens is 477 g/mol. The summed E-state index contributed by atoms with van der Waals surface area (Å²) in [6.07, 6.45) is -0.145.